The van der Waals surface area contributed by atoms with Gasteiger partial charge in [0, 0.05) is 25.3 Å². The highest BCUT2D eigenvalue weighted by Crippen LogP contribution is 2.29. The Balaban J connectivity index is 2.45. The first-order valence-corrected chi connectivity index (χ1v) is 6.61. The molecule has 1 heterocycles. The molecule has 0 fully saturated rings. The third-order valence-corrected chi connectivity index (χ3v) is 3.46. The average molecular weight is 301 g/mol. The van der Waals surface area contributed by atoms with Gasteiger partial charge >= 0.3 is 0 Å². The Labute approximate surface area is 120 Å². The minimum Gasteiger partial charge on any atom is -0.396 e. The van der Waals surface area contributed by atoms with Crippen molar-refractivity contribution in [2.24, 2.45) is 5.73 Å². The maximum Gasteiger partial charge on any atom is 0.104 e. The van der Waals surface area contributed by atoms with E-state index in [9.17, 15) is 0 Å². The van der Waals surface area contributed by atoms with Gasteiger partial charge in [-0.1, -0.05) is 34.5 Å². The number of halogens is 2. The van der Waals surface area contributed by atoms with Crippen molar-refractivity contribution in [3.05, 3.63) is 33.9 Å². The zero-order chi connectivity index (χ0) is 13.8. The molecule has 2 rings (SSSR count). The lowest BCUT2D eigenvalue weighted by molar-refractivity contribution is 0.276. The molecule has 0 saturated heterocycles. The van der Waals surface area contributed by atoms with Crippen LogP contribution in [-0.2, 0) is 13.1 Å². The molecular weight excluding hydrogens is 287 g/mol. The maximum absolute atomic E-state index is 8.91. The zero-order valence-corrected chi connectivity index (χ0v) is 11.7. The Morgan fingerprint density at radius 3 is 2.68 bits per heavy atom. The van der Waals surface area contributed by atoms with Gasteiger partial charge in [-0.05, 0) is 18.6 Å². The smallest absolute Gasteiger partial charge is 0.104 e. The SMILES string of the molecule is NCc1nnn(CCCO)c1-c1ccc(Cl)c(Cl)c1. The van der Waals surface area contributed by atoms with Gasteiger partial charge in [0.1, 0.15) is 5.69 Å². The first kappa shape index (κ1) is 14.3. The third-order valence-electron chi connectivity index (χ3n) is 2.72. The second-order valence-electron chi connectivity index (χ2n) is 4.02. The Kier molecular flexibility index (Phi) is 4.76. The van der Waals surface area contributed by atoms with Crippen LogP contribution in [0.25, 0.3) is 11.3 Å². The van der Waals surface area contributed by atoms with Gasteiger partial charge in [-0.2, -0.15) is 0 Å². The fourth-order valence-electron chi connectivity index (χ4n) is 1.82. The van der Waals surface area contributed by atoms with Crippen LogP contribution in [0, 0.1) is 0 Å². The molecule has 0 bridgehead atoms. The van der Waals surface area contributed by atoms with Crippen LogP contribution in [0.1, 0.15) is 12.1 Å². The number of hydrogen-bond acceptors (Lipinski definition) is 4. The summed E-state index contributed by atoms with van der Waals surface area (Å²) in [6.07, 6.45) is 0.599. The van der Waals surface area contributed by atoms with E-state index in [0.717, 1.165) is 11.3 Å². The van der Waals surface area contributed by atoms with E-state index in [4.69, 9.17) is 34.0 Å². The summed E-state index contributed by atoms with van der Waals surface area (Å²) in [4.78, 5) is 0. The lowest BCUT2D eigenvalue weighted by atomic mass is 10.1. The predicted octanol–water partition coefficient (Wildman–Crippen LogP) is 2.09. The number of rotatable bonds is 5. The van der Waals surface area contributed by atoms with Crippen molar-refractivity contribution < 1.29 is 5.11 Å². The fraction of sp³-hybridized carbons (Fsp3) is 0.333. The van der Waals surface area contributed by atoms with Crippen LogP contribution in [-0.4, -0.2) is 26.7 Å². The number of aliphatic hydroxyl groups is 1. The normalized spacial score (nSPS) is 10.9. The Morgan fingerprint density at radius 2 is 2.05 bits per heavy atom. The summed E-state index contributed by atoms with van der Waals surface area (Å²) in [7, 11) is 0. The minimum absolute atomic E-state index is 0.0959. The van der Waals surface area contributed by atoms with Crippen molar-refractivity contribution in [3.63, 3.8) is 0 Å². The summed E-state index contributed by atoms with van der Waals surface area (Å²) < 4.78 is 1.72. The van der Waals surface area contributed by atoms with Gasteiger partial charge in [0.05, 0.1) is 15.7 Å². The van der Waals surface area contributed by atoms with E-state index in [1.807, 2.05) is 6.07 Å². The Hall–Kier alpha value is -1.14. The van der Waals surface area contributed by atoms with Crippen molar-refractivity contribution in [2.45, 2.75) is 19.5 Å². The molecule has 0 aliphatic rings. The van der Waals surface area contributed by atoms with Crippen molar-refractivity contribution in [3.8, 4) is 11.3 Å². The van der Waals surface area contributed by atoms with Gasteiger partial charge in [0.2, 0.25) is 0 Å². The average Bonchev–Trinajstić information content (AvgIpc) is 2.82. The second kappa shape index (κ2) is 6.34. The van der Waals surface area contributed by atoms with Crippen LogP contribution in [0.4, 0.5) is 0 Å². The van der Waals surface area contributed by atoms with Gasteiger partial charge < -0.3 is 10.8 Å². The molecule has 7 heteroatoms. The zero-order valence-electron chi connectivity index (χ0n) is 10.2. The number of hydrogen-bond donors (Lipinski definition) is 2. The molecule has 0 atom stereocenters. The first-order chi connectivity index (χ1) is 9.17. The van der Waals surface area contributed by atoms with Crippen LogP contribution < -0.4 is 5.73 Å². The van der Waals surface area contributed by atoms with Gasteiger partial charge in [-0.15, -0.1) is 5.10 Å². The van der Waals surface area contributed by atoms with Crippen LogP contribution in [0.15, 0.2) is 18.2 Å². The number of aliphatic hydroxyl groups excluding tert-OH is 1. The molecule has 1 aromatic carbocycles. The molecule has 0 spiro atoms. The summed E-state index contributed by atoms with van der Waals surface area (Å²) in [5.41, 5.74) is 8.04. The highest BCUT2D eigenvalue weighted by atomic mass is 35.5. The van der Waals surface area contributed by atoms with Crippen LogP contribution >= 0.6 is 23.2 Å². The molecule has 0 unspecified atom stereocenters. The molecule has 102 valence electrons. The standard InChI is InChI=1S/C12H14Cl2N4O/c13-9-3-2-8(6-10(9)14)12-11(7-15)16-17-18(12)4-1-5-19/h2-3,6,19H,1,4-5,7,15H2. The number of nitrogens with two attached hydrogens (primary N) is 1. The van der Waals surface area contributed by atoms with E-state index >= 15 is 0 Å². The maximum atomic E-state index is 8.91. The van der Waals surface area contributed by atoms with Gasteiger partial charge in [0.15, 0.2) is 0 Å². The molecule has 2 aromatic rings. The second-order valence-corrected chi connectivity index (χ2v) is 4.83. The first-order valence-electron chi connectivity index (χ1n) is 5.86. The molecule has 0 aliphatic heterocycles. The lowest BCUT2D eigenvalue weighted by Crippen LogP contribution is -2.06. The fourth-order valence-corrected chi connectivity index (χ4v) is 2.12. The minimum atomic E-state index is 0.0959. The molecule has 5 nitrogen and oxygen atoms in total. The van der Waals surface area contributed by atoms with Gasteiger partial charge in [-0.3, -0.25) is 0 Å². The van der Waals surface area contributed by atoms with Crippen molar-refractivity contribution >= 4 is 23.2 Å². The summed E-state index contributed by atoms with van der Waals surface area (Å²) in [5, 5.41) is 18.0. The quantitative estimate of drug-likeness (QED) is 0.886. The molecule has 0 radical (unpaired) electrons. The van der Waals surface area contributed by atoms with Crippen LogP contribution in [0.2, 0.25) is 10.0 Å². The summed E-state index contributed by atoms with van der Waals surface area (Å²) in [6.45, 7) is 0.951. The summed E-state index contributed by atoms with van der Waals surface area (Å²) in [5.74, 6) is 0. The third kappa shape index (κ3) is 3.06. The Bertz CT molecular complexity index is 571. The van der Waals surface area contributed by atoms with Gasteiger partial charge in [0.25, 0.3) is 0 Å². The number of aryl methyl sites for hydroxylation is 1. The molecule has 1 aromatic heterocycles. The molecule has 3 N–H and O–H groups in total. The van der Waals surface area contributed by atoms with E-state index in [1.165, 1.54) is 0 Å². The number of benzene rings is 1. The number of nitrogens with zero attached hydrogens (tertiary/aromatic N) is 3. The molecule has 19 heavy (non-hydrogen) atoms. The van der Waals surface area contributed by atoms with E-state index in [2.05, 4.69) is 10.3 Å². The Morgan fingerprint density at radius 1 is 1.26 bits per heavy atom. The van der Waals surface area contributed by atoms with Crippen molar-refractivity contribution in [2.75, 3.05) is 6.61 Å². The summed E-state index contributed by atoms with van der Waals surface area (Å²) >= 11 is 11.9. The molecule has 0 aliphatic carbocycles. The predicted molar refractivity (Wildman–Crippen MR) is 75.1 cm³/mol. The molecule has 0 saturated carbocycles. The lowest BCUT2D eigenvalue weighted by Gasteiger charge is -2.08. The van der Waals surface area contributed by atoms with E-state index in [1.54, 1.807) is 16.8 Å². The van der Waals surface area contributed by atoms with Crippen molar-refractivity contribution in [1.82, 2.24) is 15.0 Å². The molecule has 0 amide bonds. The monoisotopic (exact) mass is 300 g/mol. The highest BCUT2D eigenvalue weighted by Gasteiger charge is 2.14. The van der Waals surface area contributed by atoms with E-state index in [0.29, 0.717) is 28.7 Å². The largest absolute Gasteiger partial charge is 0.396 e. The topological polar surface area (TPSA) is 77.0 Å². The van der Waals surface area contributed by atoms with Crippen molar-refractivity contribution in [1.29, 1.82) is 0 Å². The van der Waals surface area contributed by atoms with Crippen LogP contribution in [0.5, 0.6) is 0 Å². The molecular formula is C12H14Cl2N4O. The van der Waals surface area contributed by atoms with Gasteiger partial charge in [-0.25, -0.2) is 4.68 Å². The van der Waals surface area contributed by atoms with E-state index < -0.39 is 0 Å². The number of aromatic nitrogens is 3. The van der Waals surface area contributed by atoms with Crippen LogP contribution in [0.3, 0.4) is 0 Å². The summed E-state index contributed by atoms with van der Waals surface area (Å²) in [6, 6.07) is 5.33. The van der Waals surface area contributed by atoms with E-state index in [-0.39, 0.29) is 13.2 Å². The highest BCUT2D eigenvalue weighted by molar-refractivity contribution is 6.42.